The van der Waals surface area contributed by atoms with Crippen molar-refractivity contribution in [2.45, 2.75) is 47.0 Å². The third kappa shape index (κ3) is 7.55. The zero-order chi connectivity index (χ0) is 14.8. The van der Waals surface area contributed by atoms with Crippen LogP contribution in [-0.4, -0.2) is 6.61 Å². The third-order valence-electron chi connectivity index (χ3n) is 2.84. The van der Waals surface area contributed by atoms with Crippen molar-refractivity contribution in [3.05, 3.63) is 47.9 Å². The molecule has 19 heavy (non-hydrogen) atoms. The van der Waals surface area contributed by atoms with Crippen molar-refractivity contribution in [1.29, 1.82) is 0 Å². The highest BCUT2D eigenvalue weighted by Gasteiger charge is 2.18. The number of rotatable bonds is 5. The van der Waals surface area contributed by atoms with Gasteiger partial charge in [-0.2, -0.15) is 0 Å². The van der Waals surface area contributed by atoms with Crippen LogP contribution in [0.4, 0.5) is 0 Å². The van der Waals surface area contributed by atoms with Gasteiger partial charge in [-0.25, -0.2) is 0 Å². The summed E-state index contributed by atoms with van der Waals surface area (Å²) in [5.74, 6) is 1.50. The summed E-state index contributed by atoms with van der Waals surface area (Å²) in [5, 5.41) is 0. The largest absolute Gasteiger partial charge is 0.491 e. The van der Waals surface area contributed by atoms with Crippen LogP contribution in [-0.2, 0) is 4.74 Å². The zero-order valence-electron chi connectivity index (χ0n) is 13.0. The summed E-state index contributed by atoms with van der Waals surface area (Å²) in [6, 6.07) is 0. The maximum Gasteiger partial charge on any atom is 0.142 e. The lowest BCUT2D eigenvalue weighted by Crippen LogP contribution is -2.18. The molecule has 0 bridgehead atoms. The molecule has 0 unspecified atom stereocenters. The molecule has 2 nitrogen and oxygen atoms in total. The first-order chi connectivity index (χ1) is 8.92. The number of hydrogen-bond donors (Lipinski definition) is 1. The van der Waals surface area contributed by atoms with Crippen LogP contribution in [0.2, 0.25) is 0 Å². The second-order valence-corrected chi connectivity index (χ2v) is 5.30. The van der Waals surface area contributed by atoms with Crippen LogP contribution >= 0.6 is 0 Å². The first kappa shape index (κ1) is 17.6. The number of nitrogens with two attached hydrogens (primary N) is 1. The highest BCUT2D eigenvalue weighted by molar-refractivity contribution is 5.32. The molecular weight excluding hydrogens is 234 g/mol. The van der Waals surface area contributed by atoms with Crippen LogP contribution < -0.4 is 5.73 Å². The molecule has 1 aliphatic carbocycles. The third-order valence-corrected chi connectivity index (χ3v) is 2.84. The average Bonchev–Trinajstić information content (AvgIpc) is 2.25. The van der Waals surface area contributed by atoms with Gasteiger partial charge in [0.25, 0.3) is 0 Å². The second kappa shape index (κ2) is 9.48. The SMILES string of the molecule is C=C(C)/C(N)=C(\C=C(C)C)OCC1CCC1.C=CC. The smallest absolute Gasteiger partial charge is 0.142 e. The van der Waals surface area contributed by atoms with Crippen LogP contribution in [0.5, 0.6) is 0 Å². The summed E-state index contributed by atoms with van der Waals surface area (Å²) < 4.78 is 5.80. The fourth-order valence-corrected chi connectivity index (χ4v) is 1.54. The van der Waals surface area contributed by atoms with Crippen molar-refractivity contribution >= 4 is 0 Å². The molecule has 0 aliphatic heterocycles. The van der Waals surface area contributed by atoms with Gasteiger partial charge in [0.15, 0.2) is 0 Å². The van der Waals surface area contributed by atoms with Crippen molar-refractivity contribution in [2.75, 3.05) is 6.61 Å². The van der Waals surface area contributed by atoms with Gasteiger partial charge in [-0.05, 0) is 58.1 Å². The lowest BCUT2D eigenvalue weighted by molar-refractivity contribution is 0.126. The summed E-state index contributed by atoms with van der Waals surface area (Å²) in [5.41, 5.74) is 8.68. The lowest BCUT2D eigenvalue weighted by Gasteiger charge is -2.25. The van der Waals surface area contributed by atoms with E-state index in [-0.39, 0.29) is 0 Å². The fourth-order valence-electron chi connectivity index (χ4n) is 1.54. The Morgan fingerprint density at radius 3 is 2.16 bits per heavy atom. The minimum Gasteiger partial charge on any atom is -0.491 e. The standard InChI is InChI=1S/C14H23NO.C3H6/c1-10(2)8-13(14(15)11(3)4)16-9-12-6-5-7-12;1-3-2/h8,12H,3,5-7,9,15H2,1-2,4H3;3H,1H2,2H3/b14-13-;. The van der Waals surface area contributed by atoms with Crippen molar-refractivity contribution in [2.24, 2.45) is 11.7 Å². The van der Waals surface area contributed by atoms with Crippen LogP contribution in [0.15, 0.2) is 47.9 Å². The highest BCUT2D eigenvalue weighted by Crippen LogP contribution is 2.27. The van der Waals surface area contributed by atoms with Gasteiger partial charge in [-0.1, -0.05) is 24.6 Å². The Bertz CT molecular complexity index is 355. The number of hydrogen-bond acceptors (Lipinski definition) is 2. The molecule has 0 saturated heterocycles. The van der Waals surface area contributed by atoms with Crippen molar-refractivity contribution in [3.63, 3.8) is 0 Å². The molecule has 2 N–H and O–H groups in total. The number of allylic oxidation sites excluding steroid dienone is 4. The van der Waals surface area contributed by atoms with Gasteiger partial charge < -0.3 is 10.5 Å². The molecule has 0 amide bonds. The Labute approximate surface area is 118 Å². The molecule has 0 radical (unpaired) electrons. The summed E-state index contributed by atoms with van der Waals surface area (Å²) in [6.45, 7) is 15.9. The fraction of sp³-hybridized carbons (Fsp3) is 0.529. The summed E-state index contributed by atoms with van der Waals surface area (Å²) in [7, 11) is 0. The average molecular weight is 263 g/mol. The quantitative estimate of drug-likeness (QED) is 0.443. The molecule has 0 aromatic carbocycles. The Balaban J connectivity index is 0.000000982. The van der Waals surface area contributed by atoms with E-state index in [0.717, 1.165) is 23.9 Å². The summed E-state index contributed by atoms with van der Waals surface area (Å²) in [6.07, 6.45) is 7.65. The molecule has 1 aliphatic rings. The van der Waals surface area contributed by atoms with E-state index >= 15 is 0 Å². The molecular formula is C17H29NO. The molecule has 0 spiro atoms. The monoisotopic (exact) mass is 263 g/mol. The van der Waals surface area contributed by atoms with Gasteiger partial charge in [0.1, 0.15) is 5.76 Å². The molecule has 0 atom stereocenters. The molecule has 0 aromatic heterocycles. The van der Waals surface area contributed by atoms with E-state index in [2.05, 4.69) is 13.2 Å². The second-order valence-electron chi connectivity index (χ2n) is 5.30. The topological polar surface area (TPSA) is 35.2 Å². The molecule has 0 heterocycles. The van der Waals surface area contributed by atoms with E-state index in [1.807, 2.05) is 33.8 Å². The van der Waals surface area contributed by atoms with Crippen LogP contribution in [0.25, 0.3) is 0 Å². The van der Waals surface area contributed by atoms with Crippen molar-refractivity contribution in [3.8, 4) is 0 Å². The predicted molar refractivity (Wildman–Crippen MR) is 84.6 cm³/mol. The van der Waals surface area contributed by atoms with Gasteiger partial charge in [0, 0.05) is 0 Å². The predicted octanol–water partition coefficient (Wildman–Crippen LogP) is 4.71. The molecule has 1 fully saturated rings. The van der Waals surface area contributed by atoms with Crippen LogP contribution in [0.3, 0.4) is 0 Å². The van der Waals surface area contributed by atoms with Gasteiger partial charge in [-0.3, -0.25) is 0 Å². The molecule has 1 saturated carbocycles. The minimum absolute atomic E-state index is 0.667. The van der Waals surface area contributed by atoms with E-state index < -0.39 is 0 Å². The first-order valence-corrected chi connectivity index (χ1v) is 6.92. The molecule has 2 heteroatoms. The zero-order valence-corrected chi connectivity index (χ0v) is 13.0. The van der Waals surface area contributed by atoms with Gasteiger partial charge in [0.05, 0.1) is 12.3 Å². The Morgan fingerprint density at radius 1 is 1.32 bits per heavy atom. The van der Waals surface area contributed by atoms with Gasteiger partial charge in [0.2, 0.25) is 0 Å². The van der Waals surface area contributed by atoms with Crippen molar-refractivity contribution < 1.29 is 4.74 Å². The maximum absolute atomic E-state index is 5.97. The van der Waals surface area contributed by atoms with Gasteiger partial charge in [-0.15, -0.1) is 6.58 Å². The Morgan fingerprint density at radius 2 is 1.84 bits per heavy atom. The minimum atomic E-state index is 0.667. The first-order valence-electron chi connectivity index (χ1n) is 6.92. The van der Waals surface area contributed by atoms with E-state index in [1.165, 1.54) is 24.8 Å². The van der Waals surface area contributed by atoms with Crippen LogP contribution in [0.1, 0.15) is 47.0 Å². The Hall–Kier alpha value is -1.44. The van der Waals surface area contributed by atoms with E-state index in [9.17, 15) is 0 Å². The highest BCUT2D eigenvalue weighted by atomic mass is 16.5. The molecule has 108 valence electrons. The summed E-state index contributed by atoms with van der Waals surface area (Å²) >= 11 is 0. The lowest BCUT2D eigenvalue weighted by atomic mass is 9.86. The normalized spacial score (nSPS) is 15.2. The number of ether oxygens (including phenoxy) is 1. The molecule has 1 rings (SSSR count). The van der Waals surface area contributed by atoms with E-state index in [1.54, 1.807) is 6.08 Å². The maximum atomic E-state index is 5.97. The van der Waals surface area contributed by atoms with Crippen LogP contribution in [0, 0.1) is 5.92 Å². The Kier molecular flexibility index (Phi) is 8.77. The molecule has 0 aromatic rings. The van der Waals surface area contributed by atoms with Gasteiger partial charge >= 0.3 is 0 Å². The summed E-state index contributed by atoms with van der Waals surface area (Å²) in [4.78, 5) is 0. The van der Waals surface area contributed by atoms with E-state index in [4.69, 9.17) is 10.5 Å². The van der Waals surface area contributed by atoms with Crippen molar-refractivity contribution in [1.82, 2.24) is 0 Å². The van der Waals surface area contributed by atoms with E-state index in [0.29, 0.717) is 5.70 Å².